The lowest BCUT2D eigenvalue weighted by molar-refractivity contribution is 0.112. The van der Waals surface area contributed by atoms with Crippen LogP contribution in [-0.2, 0) is 0 Å². The quantitative estimate of drug-likeness (QED) is 0.691. The molecular formula is C12H11NO2. The third-order valence-electron chi connectivity index (χ3n) is 2.21. The summed E-state index contributed by atoms with van der Waals surface area (Å²) in [5, 5.41) is 3.82. The van der Waals surface area contributed by atoms with Gasteiger partial charge in [0.1, 0.15) is 12.0 Å². The van der Waals surface area contributed by atoms with E-state index in [-0.39, 0.29) is 0 Å². The van der Waals surface area contributed by atoms with Gasteiger partial charge in [0.25, 0.3) is 0 Å². The first-order valence-electron chi connectivity index (χ1n) is 4.85. The van der Waals surface area contributed by atoms with Gasteiger partial charge in [0, 0.05) is 5.57 Å². The van der Waals surface area contributed by atoms with E-state index in [1.54, 1.807) is 0 Å². The van der Waals surface area contributed by atoms with Crippen LogP contribution in [0.15, 0.2) is 41.2 Å². The van der Waals surface area contributed by atoms with Crippen LogP contribution in [-0.4, -0.2) is 11.4 Å². The minimum absolute atomic E-state index is 0.486. The molecule has 0 aliphatic heterocycles. The van der Waals surface area contributed by atoms with E-state index in [2.05, 4.69) is 17.3 Å². The highest BCUT2D eigenvalue weighted by Crippen LogP contribution is 2.19. The Morgan fingerprint density at radius 1 is 1.33 bits per heavy atom. The Kier molecular flexibility index (Phi) is 2.93. The summed E-state index contributed by atoms with van der Waals surface area (Å²) in [5.74, 6) is 0. The number of rotatable bonds is 2. The molecular weight excluding hydrogens is 190 g/mol. The molecule has 0 aromatic carbocycles. The summed E-state index contributed by atoms with van der Waals surface area (Å²) in [6, 6.07) is 0. The van der Waals surface area contributed by atoms with Crippen LogP contribution in [0.5, 0.6) is 0 Å². The first-order valence-corrected chi connectivity index (χ1v) is 4.85. The topological polar surface area (TPSA) is 43.1 Å². The number of aldehydes is 1. The average molecular weight is 201 g/mol. The van der Waals surface area contributed by atoms with Crippen molar-refractivity contribution in [1.82, 2.24) is 5.16 Å². The zero-order valence-corrected chi connectivity index (χ0v) is 8.22. The van der Waals surface area contributed by atoms with Crippen LogP contribution >= 0.6 is 0 Å². The van der Waals surface area contributed by atoms with Gasteiger partial charge in [-0.3, -0.25) is 4.79 Å². The maximum atomic E-state index is 10.7. The summed E-state index contributed by atoms with van der Waals surface area (Å²) in [5.41, 5.74) is 1.99. The fourth-order valence-electron chi connectivity index (χ4n) is 1.43. The van der Waals surface area contributed by atoms with Crippen LogP contribution in [0, 0.1) is 0 Å². The lowest BCUT2D eigenvalue weighted by Crippen LogP contribution is -1.88. The molecule has 0 saturated carbocycles. The molecule has 1 aliphatic rings. The molecule has 0 N–H and O–H groups in total. The van der Waals surface area contributed by atoms with Crippen molar-refractivity contribution in [3.05, 3.63) is 47.9 Å². The number of carbonyl (C=O) groups is 1. The molecule has 0 saturated heterocycles. The van der Waals surface area contributed by atoms with Gasteiger partial charge in [-0.15, -0.1) is 0 Å². The highest BCUT2D eigenvalue weighted by Gasteiger charge is 2.09. The largest absolute Gasteiger partial charge is 0.363 e. The van der Waals surface area contributed by atoms with Crippen LogP contribution in [0.2, 0.25) is 0 Å². The van der Waals surface area contributed by atoms with Gasteiger partial charge >= 0.3 is 0 Å². The van der Waals surface area contributed by atoms with E-state index in [0.717, 1.165) is 24.7 Å². The molecule has 1 aliphatic carbocycles. The van der Waals surface area contributed by atoms with E-state index < -0.39 is 0 Å². The molecule has 3 heteroatoms. The van der Waals surface area contributed by atoms with E-state index in [4.69, 9.17) is 4.52 Å². The van der Waals surface area contributed by atoms with Gasteiger partial charge in [-0.1, -0.05) is 35.5 Å². The maximum Gasteiger partial charge on any atom is 0.155 e. The third kappa shape index (κ3) is 2.13. The molecule has 0 bridgehead atoms. The van der Waals surface area contributed by atoms with Gasteiger partial charge in [-0.05, 0) is 12.8 Å². The zero-order chi connectivity index (χ0) is 10.5. The van der Waals surface area contributed by atoms with Gasteiger partial charge in [-0.25, -0.2) is 0 Å². The van der Waals surface area contributed by atoms with Gasteiger partial charge in [0.2, 0.25) is 0 Å². The summed E-state index contributed by atoms with van der Waals surface area (Å²) >= 11 is 0. The summed E-state index contributed by atoms with van der Waals surface area (Å²) in [4.78, 5) is 10.7. The smallest absolute Gasteiger partial charge is 0.155 e. The van der Waals surface area contributed by atoms with E-state index in [1.807, 2.05) is 18.2 Å². The molecule has 0 radical (unpaired) electrons. The predicted octanol–water partition coefficient (Wildman–Crippen LogP) is 2.78. The summed E-state index contributed by atoms with van der Waals surface area (Å²) in [6.07, 6.45) is 14.2. The van der Waals surface area contributed by atoms with Gasteiger partial charge < -0.3 is 4.52 Å². The van der Waals surface area contributed by atoms with Crippen LogP contribution in [0.1, 0.15) is 28.9 Å². The molecule has 1 heterocycles. The van der Waals surface area contributed by atoms with Crippen molar-refractivity contribution in [2.24, 2.45) is 0 Å². The lowest BCUT2D eigenvalue weighted by atomic mass is 10.1. The Morgan fingerprint density at radius 2 is 2.20 bits per heavy atom. The van der Waals surface area contributed by atoms with Gasteiger partial charge in [0.15, 0.2) is 6.29 Å². The fourth-order valence-corrected chi connectivity index (χ4v) is 1.43. The normalized spacial score (nSPS) is 23.3. The average Bonchev–Trinajstić information content (AvgIpc) is 2.65. The van der Waals surface area contributed by atoms with E-state index in [1.165, 1.54) is 6.26 Å². The molecule has 0 unspecified atom stereocenters. The minimum Gasteiger partial charge on any atom is -0.363 e. The molecule has 1 aromatic rings. The number of carbonyl (C=O) groups excluding carboxylic acids is 1. The van der Waals surface area contributed by atoms with Crippen molar-refractivity contribution in [3.8, 4) is 0 Å². The second-order valence-electron chi connectivity index (χ2n) is 3.27. The monoisotopic (exact) mass is 201 g/mol. The van der Waals surface area contributed by atoms with E-state index in [9.17, 15) is 4.79 Å². The molecule has 2 rings (SSSR count). The molecule has 3 nitrogen and oxygen atoms in total. The minimum atomic E-state index is 0.486. The van der Waals surface area contributed by atoms with Crippen LogP contribution < -0.4 is 0 Å². The Bertz CT molecular complexity index is 438. The van der Waals surface area contributed by atoms with Crippen molar-refractivity contribution >= 4 is 11.9 Å². The number of hydrogen-bond donors (Lipinski definition) is 0. The van der Waals surface area contributed by atoms with Crippen LogP contribution in [0.4, 0.5) is 0 Å². The highest BCUT2D eigenvalue weighted by atomic mass is 16.5. The Hall–Kier alpha value is -1.90. The van der Waals surface area contributed by atoms with Crippen LogP contribution in [0.3, 0.4) is 0 Å². The Labute approximate surface area is 87.8 Å². The van der Waals surface area contributed by atoms with E-state index in [0.29, 0.717) is 11.3 Å². The molecule has 0 atom stereocenters. The lowest BCUT2D eigenvalue weighted by Gasteiger charge is -1.99. The van der Waals surface area contributed by atoms with Crippen molar-refractivity contribution in [1.29, 1.82) is 0 Å². The molecule has 15 heavy (non-hydrogen) atoms. The Morgan fingerprint density at radius 3 is 3.07 bits per heavy atom. The second-order valence-corrected chi connectivity index (χ2v) is 3.27. The molecule has 0 spiro atoms. The number of hydrogen-bond acceptors (Lipinski definition) is 3. The van der Waals surface area contributed by atoms with Crippen LogP contribution in [0.25, 0.3) is 5.57 Å². The summed E-state index contributed by atoms with van der Waals surface area (Å²) in [7, 11) is 0. The first-order chi connectivity index (χ1) is 7.42. The van der Waals surface area contributed by atoms with Crippen molar-refractivity contribution in [2.75, 3.05) is 0 Å². The van der Waals surface area contributed by atoms with Crippen molar-refractivity contribution in [2.45, 2.75) is 12.8 Å². The standard InChI is InChI=1S/C12H11NO2/c14-8-11-9-15-13-12(11)10-6-4-2-1-3-5-7-10/h2,4-9H,1,3H2/b4-2-,7-5-,10-6+. The molecule has 0 fully saturated rings. The van der Waals surface area contributed by atoms with E-state index >= 15 is 0 Å². The molecule has 1 aromatic heterocycles. The number of nitrogens with zero attached hydrogens (tertiary/aromatic N) is 1. The number of allylic oxidation sites excluding steroid dienone is 6. The second kappa shape index (κ2) is 4.55. The SMILES string of the molecule is O=Cc1conc1C1=C/C=C\CC/C=C\1. The summed E-state index contributed by atoms with van der Waals surface area (Å²) < 4.78 is 4.78. The van der Waals surface area contributed by atoms with Crippen molar-refractivity contribution < 1.29 is 9.32 Å². The van der Waals surface area contributed by atoms with Gasteiger partial charge in [0.05, 0.1) is 5.56 Å². The fraction of sp³-hybridized carbons (Fsp3) is 0.167. The third-order valence-corrected chi connectivity index (χ3v) is 2.21. The van der Waals surface area contributed by atoms with Gasteiger partial charge in [-0.2, -0.15) is 0 Å². The Balaban J connectivity index is 2.40. The zero-order valence-electron chi connectivity index (χ0n) is 8.22. The predicted molar refractivity (Wildman–Crippen MR) is 57.4 cm³/mol. The molecule has 76 valence electrons. The molecule has 0 amide bonds. The maximum absolute atomic E-state index is 10.7. The first kappa shape index (κ1) is 9.65. The summed E-state index contributed by atoms with van der Waals surface area (Å²) in [6.45, 7) is 0. The number of aromatic nitrogens is 1. The highest BCUT2D eigenvalue weighted by molar-refractivity contribution is 5.86. The van der Waals surface area contributed by atoms with Crippen molar-refractivity contribution in [3.63, 3.8) is 0 Å².